The summed E-state index contributed by atoms with van der Waals surface area (Å²) >= 11 is 0. The van der Waals surface area contributed by atoms with Crippen molar-refractivity contribution >= 4 is 12.1 Å². The zero-order chi connectivity index (χ0) is 17.0. The quantitative estimate of drug-likeness (QED) is 0.785. The van der Waals surface area contributed by atoms with Crippen molar-refractivity contribution in [3.05, 3.63) is 48.6 Å². The number of aliphatic carboxylic acids is 1. The van der Waals surface area contributed by atoms with Gasteiger partial charge in [0.1, 0.15) is 6.04 Å². The van der Waals surface area contributed by atoms with E-state index >= 15 is 0 Å². The Balaban J connectivity index is 2.22. The summed E-state index contributed by atoms with van der Waals surface area (Å²) in [4.78, 5) is 26.0. The average molecular weight is 318 g/mol. The van der Waals surface area contributed by atoms with Crippen molar-refractivity contribution < 1.29 is 19.8 Å². The molecule has 0 radical (unpaired) electrons. The molecular formula is C17H22N2O4. The Morgan fingerprint density at radius 1 is 1.35 bits per heavy atom. The van der Waals surface area contributed by atoms with Crippen LogP contribution in [0.5, 0.6) is 0 Å². The third-order valence-corrected chi connectivity index (χ3v) is 4.40. The number of carboxylic acids is 1. The van der Waals surface area contributed by atoms with Crippen LogP contribution in [0.15, 0.2) is 43.0 Å². The summed E-state index contributed by atoms with van der Waals surface area (Å²) < 4.78 is 0. The number of carbonyl (C=O) groups is 2. The van der Waals surface area contributed by atoms with Crippen LogP contribution in [0.25, 0.3) is 0 Å². The Hall–Kier alpha value is -2.34. The molecule has 2 rings (SSSR count). The van der Waals surface area contributed by atoms with E-state index in [1.807, 2.05) is 42.3 Å². The molecule has 1 aromatic rings. The van der Waals surface area contributed by atoms with Gasteiger partial charge in [0.05, 0.1) is 0 Å². The Bertz CT molecular complexity index is 575. The molecule has 6 heteroatoms. The molecule has 23 heavy (non-hydrogen) atoms. The number of allylic oxidation sites excluding steroid dienone is 1. The molecule has 0 aromatic heterocycles. The van der Waals surface area contributed by atoms with Gasteiger partial charge in [0.2, 0.25) is 0 Å². The van der Waals surface area contributed by atoms with Crippen LogP contribution in [0, 0.1) is 5.92 Å². The topological polar surface area (TPSA) is 81.1 Å². The summed E-state index contributed by atoms with van der Waals surface area (Å²) in [6.45, 7) is 4.51. The Morgan fingerprint density at radius 3 is 2.52 bits per heavy atom. The number of rotatable bonds is 6. The van der Waals surface area contributed by atoms with E-state index in [1.165, 1.54) is 0 Å². The first kappa shape index (κ1) is 17.0. The van der Waals surface area contributed by atoms with Crippen LogP contribution in [0.1, 0.15) is 12.0 Å². The number of nitrogens with zero attached hydrogens (tertiary/aromatic N) is 2. The molecule has 1 aliphatic heterocycles. The van der Waals surface area contributed by atoms with Crippen molar-refractivity contribution in [3.63, 3.8) is 0 Å². The lowest BCUT2D eigenvalue weighted by atomic mass is 9.91. The van der Waals surface area contributed by atoms with E-state index in [1.54, 1.807) is 6.08 Å². The van der Waals surface area contributed by atoms with Crippen LogP contribution in [-0.2, 0) is 11.3 Å². The van der Waals surface area contributed by atoms with Gasteiger partial charge in [-0.05, 0) is 19.0 Å². The van der Waals surface area contributed by atoms with E-state index in [2.05, 4.69) is 6.58 Å². The molecule has 3 atom stereocenters. The molecule has 1 saturated heterocycles. The normalized spacial score (nSPS) is 23.9. The zero-order valence-corrected chi connectivity index (χ0v) is 13.1. The predicted octanol–water partition coefficient (Wildman–Crippen LogP) is 2.13. The second kappa shape index (κ2) is 7.28. The molecule has 0 bridgehead atoms. The fourth-order valence-corrected chi connectivity index (χ4v) is 3.34. The van der Waals surface area contributed by atoms with Gasteiger partial charge in [0.15, 0.2) is 0 Å². The van der Waals surface area contributed by atoms with E-state index in [-0.39, 0.29) is 18.5 Å². The molecular weight excluding hydrogens is 296 g/mol. The van der Waals surface area contributed by atoms with Crippen molar-refractivity contribution in [2.75, 3.05) is 13.6 Å². The maximum absolute atomic E-state index is 11.6. The maximum Gasteiger partial charge on any atom is 0.408 e. The summed E-state index contributed by atoms with van der Waals surface area (Å²) in [5, 5.41) is 18.8. The molecule has 1 amide bonds. The average Bonchev–Trinajstić information content (AvgIpc) is 2.88. The molecule has 1 aromatic carbocycles. The van der Waals surface area contributed by atoms with Crippen LogP contribution in [0.2, 0.25) is 0 Å². The predicted molar refractivity (Wildman–Crippen MR) is 86.2 cm³/mol. The van der Waals surface area contributed by atoms with Crippen molar-refractivity contribution in [1.82, 2.24) is 9.80 Å². The molecule has 1 aliphatic rings. The minimum absolute atomic E-state index is 0.162. The molecule has 0 saturated carbocycles. The minimum Gasteiger partial charge on any atom is -0.480 e. The first-order valence-corrected chi connectivity index (χ1v) is 7.53. The number of benzene rings is 1. The lowest BCUT2D eigenvalue weighted by Crippen LogP contribution is -2.42. The SMILES string of the molecule is C=CC[C@H]1[C@@H](C(=O)O)N(C(=O)O)C[C@@H]1N(C)Cc1ccccc1. The third-order valence-electron chi connectivity index (χ3n) is 4.40. The summed E-state index contributed by atoms with van der Waals surface area (Å²) in [5.41, 5.74) is 1.10. The Labute approximate surface area is 135 Å². The summed E-state index contributed by atoms with van der Waals surface area (Å²) in [6, 6.07) is 8.63. The molecule has 0 aliphatic carbocycles. The number of carboxylic acid groups (broad SMARTS) is 2. The molecule has 2 N–H and O–H groups in total. The van der Waals surface area contributed by atoms with Crippen molar-refractivity contribution in [1.29, 1.82) is 0 Å². The summed E-state index contributed by atoms with van der Waals surface area (Å²) in [6.07, 6.45) is 0.932. The van der Waals surface area contributed by atoms with Gasteiger partial charge in [-0.25, -0.2) is 9.59 Å². The summed E-state index contributed by atoms with van der Waals surface area (Å²) in [7, 11) is 1.90. The summed E-state index contributed by atoms with van der Waals surface area (Å²) in [5.74, 6) is -1.41. The standard InChI is InChI=1S/C17H22N2O4/c1-3-7-13-14(11-19(17(22)23)15(13)16(20)21)18(2)10-12-8-5-4-6-9-12/h3-6,8-9,13-15H,1,7,10-11H2,2H3,(H,20,21)(H,22,23)/t13-,14+,15+/m1/s1. The van der Waals surface area contributed by atoms with Crippen molar-refractivity contribution in [2.45, 2.75) is 25.0 Å². The second-order valence-corrected chi connectivity index (χ2v) is 5.87. The third kappa shape index (κ3) is 3.71. The molecule has 1 heterocycles. The highest BCUT2D eigenvalue weighted by molar-refractivity contribution is 5.80. The van der Waals surface area contributed by atoms with Gasteiger partial charge in [-0.1, -0.05) is 36.4 Å². The number of likely N-dealkylation sites (N-methyl/N-ethyl adjacent to an activating group) is 1. The highest BCUT2D eigenvalue weighted by Crippen LogP contribution is 2.32. The van der Waals surface area contributed by atoms with Crippen molar-refractivity contribution in [2.24, 2.45) is 5.92 Å². The van der Waals surface area contributed by atoms with Gasteiger partial charge in [-0.15, -0.1) is 6.58 Å². The fourth-order valence-electron chi connectivity index (χ4n) is 3.34. The van der Waals surface area contributed by atoms with E-state index < -0.39 is 18.1 Å². The first-order valence-electron chi connectivity index (χ1n) is 7.53. The number of amides is 1. The van der Waals surface area contributed by atoms with Gasteiger partial charge in [-0.3, -0.25) is 9.80 Å². The number of hydrogen-bond acceptors (Lipinski definition) is 3. The fraction of sp³-hybridized carbons (Fsp3) is 0.412. The minimum atomic E-state index is -1.19. The molecule has 0 spiro atoms. The van der Waals surface area contributed by atoms with Gasteiger partial charge in [-0.2, -0.15) is 0 Å². The van der Waals surface area contributed by atoms with Crippen LogP contribution in [0.4, 0.5) is 4.79 Å². The lowest BCUT2D eigenvalue weighted by Gasteiger charge is -2.29. The van der Waals surface area contributed by atoms with Crippen LogP contribution in [-0.4, -0.2) is 57.8 Å². The van der Waals surface area contributed by atoms with Crippen LogP contribution >= 0.6 is 0 Å². The highest BCUT2D eigenvalue weighted by atomic mass is 16.4. The Morgan fingerprint density at radius 2 is 2.00 bits per heavy atom. The zero-order valence-electron chi connectivity index (χ0n) is 13.1. The molecule has 124 valence electrons. The molecule has 1 fully saturated rings. The van der Waals surface area contributed by atoms with Gasteiger partial charge in [0.25, 0.3) is 0 Å². The smallest absolute Gasteiger partial charge is 0.408 e. The van der Waals surface area contributed by atoms with Gasteiger partial charge in [0, 0.05) is 25.0 Å². The van der Waals surface area contributed by atoms with E-state index in [9.17, 15) is 19.8 Å². The monoisotopic (exact) mass is 318 g/mol. The first-order chi connectivity index (χ1) is 11.0. The second-order valence-electron chi connectivity index (χ2n) is 5.87. The van der Waals surface area contributed by atoms with Crippen LogP contribution in [0.3, 0.4) is 0 Å². The number of hydrogen-bond donors (Lipinski definition) is 2. The highest BCUT2D eigenvalue weighted by Gasteiger charge is 2.48. The molecule has 0 unspecified atom stereocenters. The lowest BCUT2D eigenvalue weighted by molar-refractivity contribution is -0.143. The largest absolute Gasteiger partial charge is 0.480 e. The number of likely N-dealkylation sites (tertiary alicyclic amines) is 1. The van der Waals surface area contributed by atoms with Crippen LogP contribution < -0.4 is 0 Å². The van der Waals surface area contributed by atoms with E-state index in [4.69, 9.17) is 0 Å². The van der Waals surface area contributed by atoms with Gasteiger partial charge < -0.3 is 10.2 Å². The maximum atomic E-state index is 11.6. The Kier molecular flexibility index (Phi) is 5.39. The van der Waals surface area contributed by atoms with Crippen molar-refractivity contribution in [3.8, 4) is 0 Å². The molecule has 6 nitrogen and oxygen atoms in total. The van der Waals surface area contributed by atoms with Gasteiger partial charge >= 0.3 is 12.1 Å². The van der Waals surface area contributed by atoms with E-state index in [0.29, 0.717) is 13.0 Å². The van der Waals surface area contributed by atoms with E-state index in [0.717, 1.165) is 10.5 Å².